The second-order valence-corrected chi connectivity index (χ2v) is 7.08. The molecule has 2 aromatic rings. The molecule has 1 aromatic carbocycles. The quantitative estimate of drug-likeness (QED) is 0.778. The summed E-state index contributed by atoms with van der Waals surface area (Å²) in [4.78, 5) is 2.76. The van der Waals surface area contributed by atoms with Crippen LogP contribution in [0.2, 0.25) is 5.02 Å². The van der Waals surface area contributed by atoms with Gasteiger partial charge < -0.3 is 5.32 Å². The number of thiophene rings is 1. The van der Waals surface area contributed by atoms with Crippen LogP contribution in [-0.2, 0) is 0 Å². The van der Waals surface area contributed by atoms with Crippen molar-refractivity contribution >= 4 is 22.9 Å². The lowest BCUT2D eigenvalue weighted by molar-refractivity contribution is 0.603. The van der Waals surface area contributed by atoms with Crippen LogP contribution >= 0.6 is 22.9 Å². The lowest BCUT2D eigenvalue weighted by atomic mass is 10.0. The zero-order valence-corrected chi connectivity index (χ0v) is 14.2. The molecule has 108 valence electrons. The highest BCUT2D eigenvalue weighted by atomic mass is 35.5. The maximum Gasteiger partial charge on any atom is 0.0674 e. The molecule has 2 rings (SSSR count). The maximum absolute atomic E-state index is 6.24. The van der Waals surface area contributed by atoms with E-state index in [0.717, 1.165) is 18.0 Å². The van der Waals surface area contributed by atoms with Crippen molar-refractivity contribution in [3.05, 3.63) is 55.7 Å². The Morgan fingerprint density at radius 1 is 1.15 bits per heavy atom. The molecule has 1 aromatic heterocycles. The first-order chi connectivity index (χ1) is 9.51. The molecule has 0 bridgehead atoms. The van der Waals surface area contributed by atoms with Gasteiger partial charge in [-0.25, -0.2) is 0 Å². The summed E-state index contributed by atoms with van der Waals surface area (Å²) in [6, 6.07) is 8.82. The molecule has 0 aliphatic heterocycles. The molecule has 0 fully saturated rings. The number of benzene rings is 1. The average molecular weight is 308 g/mol. The van der Waals surface area contributed by atoms with E-state index in [1.165, 1.54) is 26.4 Å². The number of rotatable bonds is 5. The van der Waals surface area contributed by atoms with Crippen LogP contribution in [0, 0.1) is 20.8 Å². The lowest BCUT2D eigenvalue weighted by Crippen LogP contribution is -2.23. The molecule has 0 amide bonds. The highest BCUT2D eigenvalue weighted by Crippen LogP contribution is 2.33. The van der Waals surface area contributed by atoms with Crippen LogP contribution in [0.1, 0.15) is 45.8 Å². The van der Waals surface area contributed by atoms with Gasteiger partial charge in [0.25, 0.3) is 0 Å². The predicted molar refractivity (Wildman–Crippen MR) is 90.1 cm³/mol. The zero-order valence-electron chi connectivity index (χ0n) is 12.6. The van der Waals surface area contributed by atoms with Gasteiger partial charge in [-0.3, -0.25) is 0 Å². The fourth-order valence-electron chi connectivity index (χ4n) is 2.53. The van der Waals surface area contributed by atoms with Crippen LogP contribution in [0.5, 0.6) is 0 Å². The molecule has 1 nitrogen and oxygen atoms in total. The maximum atomic E-state index is 6.24. The van der Waals surface area contributed by atoms with Crippen molar-refractivity contribution in [1.82, 2.24) is 5.32 Å². The van der Waals surface area contributed by atoms with Gasteiger partial charge in [-0.2, -0.15) is 0 Å². The van der Waals surface area contributed by atoms with E-state index in [1.807, 2.05) is 17.4 Å². The number of halogens is 1. The molecule has 0 radical (unpaired) electrons. The molecule has 1 N–H and O–H groups in total. The minimum Gasteiger partial charge on any atom is -0.306 e. The molecular weight excluding hydrogens is 286 g/mol. The molecule has 0 saturated carbocycles. The Morgan fingerprint density at radius 3 is 2.45 bits per heavy atom. The van der Waals surface area contributed by atoms with Gasteiger partial charge in [0.05, 0.1) is 6.04 Å². The Balaban J connectivity index is 2.43. The van der Waals surface area contributed by atoms with Crippen LogP contribution in [-0.4, -0.2) is 6.54 Å². The van der Waals surface area contributed by atoms with E-state index in [9.17, 15) is 0 Å². The molecule has 3 heteroatoms. The van der Waals surface area contributed by atoms with E-state index < -0.39 is 0 Å². The van der Waals surface area contributed by atoms with Gasteiger partial charge in [-0.05, 0) is 68.6 Å². The summed E-state index contributed by atoms with van der Waals surface area (Å²) in [5, 5.41) is 4.48. The normalized spacial score (nSPS) is 12.7. The summed E-state index contributed by atoms with van der Waals surface area (Å²) in [7, 11) is 0. The molecule has 0 aliphatic rings. The van der Waals surface area contributed by atoms with Crippen molar-refractivity contribution in [1.29, 1.82) is 0 Å². The van der Waals surface area contributed by atoms with Gasteiger partial charge in [0.15, 0.2) is 0 Å². The van der Waals surface area contributed by atoms with Crippen molar-refractivity contribution in [3.8, 4) is 0 Å². The molecule has 0 saturated heterocycles. The van der Waals surface area contributed by atoms with Crippen molar-refractivity contribution in [3.63, 3.8) is 0 Å². The first-order valence-corrected chi connectivity index (χ1v) is 8.28. The van der Waals surface area contributed by atoms with E-state index in [1.54, 1.807) is 0 Å². The van der Waals surface area contributed by atoms with Crippen LogP contribution in [0.25, 0.3) is 0 Å². The molecular formula is C17H22ClNS. The molecule has 1 unspecified atom stereocenters. The van der Waals surface area contributed by atoms with Crippen molar-refractivity contribution in [2.24, 2.45) is 0 Å². The van der Waals surface area contributed by atoms with E-state index >= 15 is 0 Å². The summed E-state index contributed by atoms with van der Waals surface area (Å²) in [6.45, 7) is 9.66. The van der Waals surface area contributed by atoms with Crippen molar-refractivity contribution < 1.29 is 0 Å². The van der Waals surface area contributed by atoms with Gasteiger partial charge in [-0.15, -0.1) is 11.3 Å². The van der Waals surface area contributed by atoms with Crippen LogP contribution in [0.15, 0.2) is 24.3 Å². The number of hydrogen-bond donors (Lipinski definition) is 1. The third-order valence-corrected chi connectivity index (χ3v) is 4.77. The van der Waals surface area contributed by atoms with E-state index in [0.29, 0.717) is 0 Å². The highest BCUT2D eigenvalue weighted by molar-refractivity contribution is 7.12. The van der Waals surface area contributed by atoms with E-state index in [4.69, 9.17) is 11.6 Å². The van der Waals surface area contributed by atoms with Crippen LogP contribution in [0.4, 0.5) is 0 Å². The summed E-state index contributed by atoms with van der Waals surface area (Å²) in [6.07, 6.45) is 1.12. The number of nitrogens with one attached hydrogen (secondary N) is 1. The second kappa shape index (κ2) is 6.75. The standard InChI is InChI=1S/C17H22ClNS/c1-5-6-19-16(17-12(3)9-13(4)20-17)14-7-11(2)8-15(18)10-14/h7-10,16,19H,5-6H2,1-4H3. The lowest BCUT2D eigenvalue weighted by Gasteiger charge is -2.20. The van der Waals surface area contributed by atoms with Gasteiger partial charge in [0.2, 0.25) is 0 Å². The van der Waals surface area contributed by atoms with Gasteiger partial charge >= 0.3 is 0 Å². The number of aryl methyl sites for hydroxylation is 3. The van der Waals surface area contributed by atoms with E-state index in [-0.39, 0.29) is 6.04 Å². The molecule has 0 spiro atoms. The Morgan fingerprint density at radius 2 is 1.90 bits per heavy atom. The van der Waals surface area contributed by atoms with Gasteiger partial charge in [0, 0.05) is 14.8 Å². The van der Waals surface area contributed by atoms with Gasteiger partial charge in [0.1, 0.15) is 0 Å². The highest BCUT2D eigenvalue weighted by Gasteiger charge is 2.18. The Bertz CT molecular complexity index is 568. The first-order valence-electron chi connectivity index (χ1n) is 7.08. The molecule has 20 heavy (non-hydrogen) atoms. The van der Waals surface area contributed by atoms with Crippen molar-refractivity contribution in [2.75, 3.05) is 6.54 Å². The van der Waals surface area contributed by atoms with Crippen LogP contribution in [0.3, 0.4) is 0 Å². The third-order valence-electron chi connectivity index (χ3n) is 3.34. The smallest absolute Gasteiger partial charge is 0.0674 e. The van der Waals surface area contributed by atoms with Crippen LogP contribution < -0.4 is 5.32 Å². The number of hydrogen-bond acceptors (Lipinski definition) is 2. The molecule has 1 heterocycles. The fraction of sp³-hybridized carbons (Fsp3) is 0.412. The topological polar surface area (TPSA) is 12.0 Å². The second-order valence-electron chi connectivity index (χ2n) is 5.35. The third kappa shape index (κ3) is 3.63. The SMILES string of the molecule is CCCNC(c1cc(C)cc(Cl)c1)c1sc(C)cc1C. The zero-order chi connectivity index (χ0) is 14.7. The fourth-order valence-corrected chi connectivity index (χ4v) is 3.97. The Labute approximate surface area is 131 Å². The van der Waals surface area contributed by atoms with E-state index in [2.05, 4.69) is 51.2 Å². The largest absolute Gasteiger partial charge is 0.306 e. The monoisotopic (exact) mass is 307 g/mol. The summed E-state index contributed by atoms with van der Waals surface area (Å²) in [5.74, 6) is 0. The summed E-state index contributed by atoms with van der Waals surface area (Å²) in [5.41, 5.74) is 3.83. The van der Waals surface area contributed by atoms with Gasteiger partial charge in [-0.1, -0.05) is 24.6 Å². The summed E-state index contributed by atoms with van der Waals surface area (Å²) >= 11 is 8.11. The predicted octanol–water partition coefficient (Wildman–Crippen LogP) is 5.42. The Kier molecular flexibility index (Phi) is 5.25. The first kappa shape index (κ1) is 15.6. The minimum absolute atomic E-state index is 0.242. The summed E-state index contributed by atoms with van der Waals surface area (Å²) < 4.78 is 0. The molecule has 1 atom stereocenters. The van der Waals surface area contributed by atoms with Crippen molar-refractivity contribution in [2.45, 2.75) is 40.2 Å². The Hall–Kier alpha value is -0.830. The minimum atomic E-state index is 0.242. The molecule has 0 aliphatic carbocycles. The average Bonchev–Trinajstić information content (AvgIpc) is 2.68.